The van der Waals surface area contributed by atoms with E-state index < -0.39 is 0 Å². The molecule has 29 heavy (non-hydrogen) atoms. The highest BCUT2D eigenvalue weighted by atomic mass is 35.5. The highest BCUT2D eigenvalue weighted by Crippen LogP contribution is 2.38. The molecule has 5 nitrogen and oxygen atoms in total. The third-order valence-corrected chi connectivity index (χ3v) is 6.06. The fraction of sp³-hybridized carbons (Fsp3) is 0.391. The van der Waals surface area contributed by atoms with Crippen molar-refractivity contribution in [1.29, 1.82) is 0 Å². The van der Waals surface area contributed by atoms with Crippen LogP contribution in [0.3, 0.4) is 0 Å². The van der Waals surface area contributed by atoms with E-state index in [0.717, 1.165) is 21.8 Å². The average Bonchev–Trinajstić information content (AvgIpc) is 3.14. The highest BCUT2D eigenvalue weighted by molar-refractivity contribution is 6.34. The van der Waals surface area contributed by atoms with Gasteiger partial charge in [0, 0.05) is 23.2 Å². The van der Waals surface area contributed by atoms with E-state index in [4.69, 9.17) is 22.4 Å². The van der Waals surface area contributed by atoms with Gasteiger partial charge in [-0.1, -0.05) is 51.4 Å². The van der Waals surface area contributed by atoms with Gasteiger partial charge < -0.3 is 5.73 Å². The van der Waals surface area contributed by atoms with E-state index >= 15 is 0 Å². The number of hydrogen-bond acceptors (Lipinski definition) is 3. The van der Waals surface area contributed by atoms with Gasteiger partial charge in [0.05, 0.1) is 11.0 Å². The van der Waals surface area contributed by atoms with Crippen molar-refractivity contribution in [2.45, 2.75) is 59.4 Å². The lowest BCUT2D eigenvalue weighted by atomic mass is 9.82. The maximum atomic E-state index is 6.42. The van der Waals surface area contributed by atoms with Gasteiger partial charge in [0.25, 0.3) is 0 Å². The van der Waals surface area contributed by atoms with Gasteiger partial charge in [0.2, 0.25) is 0 Å². The maximum Gasteiger partial charge on any atom is 0.158 e. The Morgan fingerprint density at radius 1 is 1.10 bits per heavy atom. The Morgan fingerprint density at radius 3 is 2.48 bits per heavy atom. The monoisotopic (exact) mass is 409 g/mol. The Hall–Kier alpha value is -2.53. The van der Waals surface area contributed by atoms with E-state index in [1.807, 2.05) is 10.7 Å². The minimum Gasteiger partial charge on any atom is -0.382 e. The zero-order chi connectivity index (χ0) is 21.1. The van der Waals surface area contributed by atoms with Gasteiger partial charge in [0.15, 0.2) is 11.0 Å². The lowest BCUT2D eigenvalue weighted by molar-refractivity contribution is 0.561. The highest BCUT2D eigenvalue weighted by Gasteiger charge is 2.25. The van der Waals surface area contributed by atoms with Gasteiger partial charge >= 0.3 is 0 Å². The van der Waals surface area contributed by atoms with Crippen molar-refractivity contribution in [2.75, 3.05) is 5.73 Å². The van der Waals surface area contributed by atoms with Crippen molar-refractivity contribution >= 4 is 39.2 Å². The van der Waals surface area contributed by atoms with Crippen LogP contribution in [0, 0.1) is 13.8 Å². The SMILES string of the molecule is Cc1ccc2[nH]nc(Cl)c2c1C(C)Cn1nc(N)c2c(C(C)(C)C)c(C)ccc21. The molecule has 4 rings (SSSR count). The Morgan fingerprint density at radius 2 is 1.79 bits per heavy atom. The minimum absolute atomic E-state index is 0.0102. The van der Waals surface area contributed by atoms with Crippen molar-refractivity contribution in [2.24, 2.45) is 0 Å². The fourth-order valence-corrected chi connectivity index (χ4v) is 4.95. The van der Waals surface area contributed by atoms with Crippen molar-refractivity contribution in [3.05, 3.63) is 51.7 Å². The van der Waals surface area contributed by atoms with Crippen molar-refractivity contribution in [3.8, 4) is 0 Å². The molecule has 3 N–H and O–H groups in total. The average molecular weight is 410 g/mol. The first-order chi connectivity index (χ1) is 13.6. The van der Waals surface area contributed by atoms with E-state index in [0.29, 0.717) is 17.5 Å². The van der Waals surface area contributed by atoms with Crippen LogP contribution in [0.15, 0.2) is 24.3 Å². The van der Waals surface area contributed by atoms with Gasteiger partial charge in [-0.3, -0.25) is 9.78 Å². The topological polar surface area (TPSA) is 72.5 Å². The molecule has 2 aromatic carbocycles. The first-order valence-corrected chi connectivity index (χ1v) is 10.4. The lowest BCUT2D eigenvalue weighted by Gasteiger charge is -2.23. The number of anilines is 1. The number of nitrogens with zero attached hydrogens (tertiary/aromatic N) is 3. The molecule has 6 heteroatoms. The van der Waals surface area contributed by atoms with Crippen molar-refractivity contribution < 1.29 is 0 Å². The molecule has 1 unspecified atom stereocenters. The standard InChI is InChI=1S/C23H28ClN5/c1-12-7-9-15-18(21(24)27-26-15)17(12)14(3)11-29-16-10-8-13(2)20(23(4,5)6)19(16)22(25)28-29/h7-10,14H,11H2,1-6H3,(H2,25,28)(H,26,27). The number of hydrogen-bond donors (Lipinski definition) is 2. The number of halogens is 1. The molecule has 152 valence electrons. The molecule has 1 atom stereocenters. The molecule has 0 aliphatic carbocycles. The molecule has 0 amide bonds. The molecular formula is C23H28ClN5. The number of aromatic amines is 1. The second-order valence-corrected chi connectivity index (χ2v) is 9.46. The van der Waals surface area contributed by atoms with Crippen LogP contribution in [0.4, 0.5) is 5.82 Å². The minimum atomic E-state index is -0.0102. The molecule has 0 saturated carbocycles. The number of nitrogens with two attached hydrogens (primary N) is 1. The number of aromatic nitrogens is 4. The van der Waals surface area contributed by atoms with E-state index in [9.17, 15) is 0 Å². The van der Waals surface area contributed by atoms with Crippen molar-refractivity contribution in [3.63, 3.8) is 0 Å². The lowest BCUT2D eigenvalue weighted by Crippen LogP contribution is -2.14. The normalized spacial score (nSPS) is 13.5. The predicted molar refractivity (Wildman–Crippen MR) is 122 cm³/mol. The van der Waals surface area contributed by atoms with E-state index in [-0.39, 0.29) is 11.3 Å². The van der Waals surface area contributed by atoms with Crippen LogP contribution in [-0.2, 0) is 12.0 Å². The summed E-state index contributed by atoms with van der Waals surface area (Å²) in [5.74, 6) is 0.785. The summed E-state index contributed by atoms with van der Waals surface area (Å²) in [5, 5.41) is 14.5. The predicted octanol–water partition coefficient (Wildman–Crippen LogP) is 5.87. The van der Waals surface area contributed by atoms with Crippen LogP contribution in [0.2, 0.25) is 5.15 Å². The smallest absolute Gasteiger partial charge is 0.158 e. The molecule has 0 aliphatic rings. The summed E-state index contributed by atoms with van der Waals surface area (Å²) >= 11 is 6.40. The maximum absolute atomic E-state index is 6.42. The van der Waals surface area contributed by atoms with Crippen LogP contribution in [0.1, 0.15) is 55.9 Å². The molecule has 0 bridgehead atoms. The molecule has 0 aliphatic heterocycles. The molecule has 2 aromatic heterocycles. The van der Waals surface area contributed by atoms with Crippen LogP contribution < -0.4 is 5.73 Å². The molecular weight excluding hydrogens is 382 g/mol. The van der Waals surface area contributed by atoms with Crippen molar-refractivity contribution in [1.82, 2.24) is 20.0 Å². The van der Waals surface area contributed by atoms with Gasteiger partial charge in [-0.15, -0.1) is 0 Å². The second kappa shape index (κ2) is 6.77. The zero-order valence-electron chi connectivity index (χ0n) is 17.9. The number of fused-ring (bicyclic) bond motifs is 2. The Labute approximate surface area is 176 Å². The third-order valence-electron chi connectivity index (χ3n) is 5.79. The number of benzene rings is 2. The van der Waals surface area contributed by atoms with Crippen LogP contribution >= 0.6 is 11.6 Å². The quantitative estimate of drug-likeness (QED) is 0.444. The third kappa shape index (κ3) is 3.18. The summed E-state index contributed by atoms with van der Waals surface area (Å²) in [6, 6.07) is 8.44. The molecule has 0 saturated heterocycles. The Kier molecular flexibility index (Phi) is 4.61. The molecule has 2 heterocycles. The summed E-state index contributed by atoms with van der Waals surface area (Å²) < 4.78 is 2.04. The number of nitrogens with one attached hydrogen (secondary N) is 1. The molecule has 0 radical (unpaired) electrons. The summed E-state index contributed by atoms with van der Waals surface area (Å²) in [7, 11) is 0. The largest absolute Gasteiger partial charge is 0.382 e. The second-order valence-electron chi connectivity index (χ2n) is 9.10. The van der Waals surface area contributed by atoms with Gasteiger partial charge in [0.1, 0.15) is 0 Å². The fourth-order valence-electron chi connectivity index (χ4n) is 4.70. The summed E-state index contributed by atoms with van der Waals surface area (Å²) in [6.07, 6.45) is 0. The number of nitrogen functional groups attached to an aromatic ring is 1. The van der Waals surface area contributed by atoms with E-state index in [1.54, 1.807) is 0 Å². The van der Waals surface area contributed by atoms with Gasteiger partial charge in [-0.05, 0) is 53.6 Å². The van der Waals surface area contributed by atoms with Crippen LogP contribution in [-0.4, -0.2) is 20.0 Å². The molecule has 4 aromatic rings. The summed E-state index contributed by atoms with van der Waals surface area (Å²) in [5.41, 5.74) is 13.4. The molecule has 0 spiro atoms. The number of rotatable bonds is 3. The van der Waals surface area contributed by atoms with Gasteiger partial charge in [-0.2, -0.15) is 10.2 Å². The van der Waals surface area contributed by atoms with E-state index in [2.05, 4.69) is 69.9 Å². The first-order valence-electron chi connectivity index (χ1n) is 9.98. The zero-order valence-corrected chi connectivity index (χ0v) is 18.6. The van der Waals surface area contributed by atoms with Gasteiger partial charge in [-0.25, -0.2) is 0 Å². The van der Waals surface area contributed by atoms with Crippen LogP contribution in [0.5, 0.6) is 0 Å². The number of H-pyrrole nitrogens is 1. The summed E-state index contributed by atoms with van der Waals surface area (Å²) in [6.45, 7) is 13.8. The first kappa shape index (κ1) is 19.8. The Balaban J connectivity index is 1.84. The number of aryl methyl sites for hydroxylation is 2. The molecule has 0 fully saturated rings. The van der Waals surface area contributed by atoms with Crippen LogP contribution in [0.25, 0.3) is 21.8 Å². The van der Waals surface area contributed by atoms with E-state index in [1.165, 1.54) is 22.3 Å². The summed E-state index contributed by atoms with van der Waals surface area (Å²) in [4.78, 5) is 0. The Bertz CT molecular complexity index is 1230.